The predicted molar refractivity (Wildman–Crippen MR) is 80.0 cm³/mol. The molecule has 0 fully saturated rings. The predicted octanol–water partition coefficient (Wildman–Crippen LogP) is 2.31. The molecule has 0 spiro atoms. The number of nitrogens with zero attached hydrogens (tertiary/aromatic N) is 1. The van der Waals surface area contributed by atoms with E-state index in [-0.39, 0.29) is 10.8 Å². The summed E-state index contributed by atoms with van der Waals surface area (Å²) in [5.41, 5.74) is 0.502. The van der Waals surface area contributed by atoms with E-state index in [1.807, 2.05) is 0 Å². The molecule has 112 valence electrons. The molecule has 5 nitrogen and oxygen atoms in total. The third-order valence-corrected chi connectivity index (χ3v) is 4.66. The van der Waals surface area contributed by atoms with Crippen LogP contribution in [0.2, 0.25) is 0 Å². The van der Waals surface area contributed by atoms with Crippen molar-refractivity contribution in [1.29, 1.82) is 0 Å². The van der Waals surface area contributed by atoms with Crippen molar-refractivity contribution in [2.75, 3.05) is 19.4 Å². The molecule has 1 rings (SSSR count). The lowest BCUT2D eigenvalue weighted by Crippen LogP contribution is -2.22. The highest BCUT2D eigenvalue weighted by Crippen LogP contribution is 2.18. The topological polar surface area (TPSA) is 66.5 Å². The zero-order valence-corrected chi connectivity index (χ0v) is 13.2. The van der Waals surface area contributed by atoms with Crippen LogP contribution in [0.3, 0.4) is 0 Å². The second-order valence-electron chi connectivity index (χ2n) is 5.30. The first-order valence-corrected chi connectivity index (χ1v) is 8.00. The second kappa shape index (κ2) is 6.85. The van der Waals surface area contributed by atoms with Crippen molar-refractivity contribution in [3.05, 3.63) is 24.3 Å². The van der Waals surface area contributed by atoms with Crippen LogP contribution in [0.15, 0.2) is 29.2 Å². The number of benzene rings is 1. The highest BCUT2D eigenvalue weighted by Gasteiger charge is 2.17. The summed E-state index contributed by atoms with van der Waals surface area (Å²) in [6.07, 6.45) is 1.24. The SMILES string of the molecule is CC(C)CCC(=O)Nc1cccc(S(=O)(=O)N(C)C)c1. The van der Waals surface area contributed by atoms with Crippen LogP contribution in [0.25, 0.3) is 0 Å². The maximum Gasteiger partial charge on any atom is 0.242 e. The molecular weight excluding hydrogens is 276 g/mol. The Morgan fingerprint density at radius 3 is 2.50 bits per heavy atom. The molecule has 0 saturated carbocycles. The fourth-order valence-corrected chi connectivity index (χ4v) is 2.54. The van der Waals surface area contributed by atoms with Crippen molar-refractivity contribution in [2.45, 2.75) is 31.6 Å². The molecule has 1 aromatic rings. The van der Waals surface area contributed by atoms with Gasteiger partial charge in [0.1, 0.15) is 0 Å². The largest absolute Gasteiger partial charge is 0.326 e. The summed E-state index contributed by atoms with van der Waals surface area (Å²) in [6.45, 7) is 4.11. The summed E-state index contributed by atoms with van der Waals surface area (Å²) >= 11 is 0. The first-order chi connectivity index (χ1) is 9.23. The first-order valence-electron chi connectivity index (χ1n) is 6.56. The fourth-order valence-electron chi connectivity index (χ4n) is 1.59. The van der Waals surface area contributed by atoms with Gasteiger partial charge in [-0.3, -0.25) is 4.79 Å². The average Bonchev–Trinajstić information content (AvgIpc) is 2.36. The van der Waals surface area contributed by atoms with Crippen molar-refractivity contribution in [2.24, 2.45) is 5.92 Å². The quantitative estimate of drug-likeness (QED) is 0.876. The number of hydrogen-bond donors (Lipinski definition) is 1. The monoisotopic (exact) mass is 298 g/mol. The maximum absolute atomic E-state index is 12.0. The van der Waals surface area contributed by atoms with Crippen molar-refractivity contribution in [3.63, 3.8) is 0 Å². The summed E-state index contributed by atoms with van der Waals surface area (Å²) < 4.78 is 25.1. The molecule has 0 aromatic heterocycles. The molecule has 1 aromatic carbocycles. The fraction of sp³-hybridized carbons (Fsp3) is 0.500. The van der Waals surface area contributed by atoms with Gasteiger partial charge in [0, 0.05) is 26.2 Å². The average molecular weight is 298 g/mol. The summed E-state index contributed by atoms with van der Waals surface area (Å²) in [5, 5.41) is 2.73. The van der Waals surface area contributed by atoms with Crippen LogP contribution in [0.4, 0.5) is 5.69 Å². The van der Waals surface area contributed by atoms with E-state index in [4.69, 9.17) is 0 Å². The van der Waals surface area contributed by atoms with E-state index >= 15 is 0 Å². The summed E-state index contributed by atoms with van der Waals surface area (Å²) in [5.74, 6) is 0.360. The van der Waals surface area contributed by atoms with Crippen LogP contribution < -0.4 is 5.32 Å². The molecule has 0 aliphatic heterocycles. The van der Waals surface area contributed by atoms with Gasteiger partial charge in [-0.2, -0.15) is 0 Å². The van der Waals surface area contributed by atoms with Gasteiger partial charge in [0.05, 0.1) is 4.90 Å². The molecule has 1 N–H and O–H groups in total. The van der Waals surface area contributed by atoms with Gasteiger partial charge in [0.25, 0.3) is 0 Å². The Labute approximate surface area is 121 Å². The number of amides is 1. The van der Waals surface area contributed by atoms with Gasteiger partial charge < -0.3 is 5.32 Å². The summed E-state index contributed by atoms with van der Waals surface area (Å²) in [7, 11) is -0.528. The normalized spacial score (nSPS) is 11.9. The second-order valence-corrected chi connectivity index (χ2v) is 7.45. The molecule has 0 radical (unpaired) electrons. The molecule has 0 heterocycles. The zero-order chi connectivity index (χ0) is 15.3. The van der Waals surface area contributed by atoms with Gasteiger partial charge in [-0.05, 0) is 30.5 Å². The lowest BCUT2D eigenvalue weighted by Gasteiger charge is -2.13. The van der Waals surface area contributed by atoms with Gasteiger partial charge in [0.15, 0.2) is 0 Å². The van der Waals surface area contributed by atoms with Gasteiger partial charge in [-0.1, -0.05) is 19.9 Å². The minimum atomic E-state index is -3.48. The van der Waals surface area contributed by atoms with Crippen molar-refractivity contribution < 1.29 is 13.2 Å². The summed E-state index contributed by atoms with van der Waals surface area (Å²) in [4.78, 5) is 11.9. The van der Waals surface area contributed by atoms with Gasteiger partial charge in [0.2, 0.25) is 15.9 Å². The molecule has 1 amide bonds. The van der Waals surface area contributed by atoms with E-state index in [2.05, 4.69) is 19.2 Å². The van der Waals surface area contributed by atoms with E-state index < -0.39 is 10.0 Å². The molecule has 0 unspecified atom stereocenters. The van der Waals surface area contributed by atoms with Gasteiger partial charge in [-0.15, -0.1) is 0 Å². The third kappa shape index (κ3) is 4.61. The number of hydrogen-bond acceptors (Lipinski definition) is 3. The molecule has 0 aliphatic rings. The maximum atomic E-state index is 12.0. The van der Waals surface area contributed by atoms with Crippen LogP contribution in [-0.2, 0) is 14.8 Å². The van der Waals surface area contributed by atoms with Crippen LogP contribution in [0.1, 0.15) is 26.7 Å². The van der Waals surface area contributed by atoms with Crippen molar-refractivity contribution in [3.8, 4) is 0 Å². The minimum absolute atomic E-state index is 0.0990. The highest BCUT2D eigenvalue weighted by atomic mass is 32.2. The number of carbonyl (C=O) groups excluding carboxylic acids is 1. The zero-order valence-electron chi connectivity index (χ0n) is 12.4. The Morgan fingerprint density at radius 2 is 1.95 bits per heavy atom. The number of anilines is 1. The first kappa shape index (κ1) is 16.7. The van der Waals surface area contributed by atoms with Crippen LogP contribution in [0.5, 0.6) is 0 Å². The number of sulfonamides is 1. The summed E-state index contributed by atoms with van der Waals surface area (Å²) in [6, 6.07) is 6.29. The lowest BCUT2D eigenvalue weighted by molar-refractivity contribution is -0.116. The van der Waals surface area contributed by atoms with Crippen molar-refractivity contribution >= 4 is 21.6 Å². The molecule has 0 bridgehead atoms. The number of nitrogens with one attached hydrogen (secondary N) is 1. The minimum Gasteiger partial charge on any atom is -0.326 e. The van der Waals surface area contributed by atoms with Crippen LogP contribution in [0, 0.1) is 5.92 Å². The Kier molecular flexibility index (Phi) is 5.71. The standard InChI is InChI=1S/C14H22N2O3S/c1-11(2)8-9-14(17)15-12-6-5-7-13(10-12)20(18,19)16(3)4/h5-7,10-11H,8-9H2,1-4H3,(H,15,17). The molecule has 0 atom stereocenters. The number of rotatable bonds is 6. The molecule has 0 aliphatic carbocycles. The van der Waals surface area contributed by atoms with E-state index in [0.717, 1.165) is 10.7 Å². The highest BCUT2D eigenvalue weighted by molar-refractivity contribution is 7.89. The van der Waals surface area contributed by atoms with E-state index in [1.165, 1.54) is 26.2 Å². The van der Waals surface area contributed by atoms with E-state index in [1.54, 1.807) is 12.1 Å². The Morgan fingerprint density at radius 1 is 1.30 bits per heavy atom. The van der Waals surface area contributed by atoms with Crippen LogP contribution in [-0.4, -0.2) is 32.7 Å². The third-order valence-electron chi connectivity index (χ3n) is 2.85. The molecule has 20 heavy (non-hydrogen) atoms. The van der Waals surface area contributed by atoms with Gasteiger partial charge >= 0.3 is 0 Å². The Bertz CT molecular complexity index is 566. The van der Waals surface area contributed by atoms with Crippen molar-refractivity contribution in [1.82, 2.24) is 4.31 Å². The van der Waals surface area contributed by atoms with E-state index in [0.29, 0.717) is 18.0 Å². The van der Waals surface area contributed by atoms with E-state index in [9.17, 15) is 13.2 Å². The Hall–Kier alpha value is -1.40. The van der Waals surface area contributed by atoms with Crippen LogP contribution >= 0.6 is 0 Å². The molecule has 0 saturated heterocycles. The lowest BCUT2D eigenvalue weighted by atomic mass is 10.1. The van der Waals surface area contributed by atoms with Gasteiger partial charge in [-0.25, -0.2) is 12.7 Å². The smallest absolute Gasteiger partial charge is 0.242 e. The number of carbonyl (C=O) groups is 1. The Balaban J connectivity index is 2.82. The molecular formula is C14H22N2O3S. The molecule has 6 heteroatoms.